The van der Waals surface area contributed by atoms with Crippen molar-refractivity contribution < 1.29 is 9.90 Å². The van der Waals surface area contributed by atoms with Crippen molar-refractivity contribution in [3.63, 3.8) is 0 Å². The molecular formula is C19H30N4O2. The van der Waals surface area contributed by atoms with E-state index in [1.165, 1.54) is 5.69 Å². The minimum Gasteiger partial charge on any atom is -0.394 e. The average Bonchev–Trinajstić information content (AvgIpc) is 3.15. The Hall–Kier alpha value is -1.79. The number of aliphatic hydroxyl groups excluding tert-OH is 1. The molecule has 3 rings (SSSR count). The maximum Gasteiger partial charge on any atom is 0.317 e. The van der Waals surface area contributed by atoms with Gasteiger partial charge in [0, 0.05) is 45.0 Å². The Balaban J connectivity index is 1.31. The van der Waals surface area contributed by atoms with E-state index >= 15 is 0 Å². The maximum atomic E-state index is 12.1. The van der Waals surface area contributed by atoms with Gasteiger partial charge in [0.15, 0.2) is 0 Å². The second-order valence-corrected chi connectivity index (χ2v) is 6.92. The summed E-state index contributed by atoms with van der Waals surface area (Å²) in [6.45, 7) is 6.81. The van der Waals surface area contributed by atoms with Crippen LogP contribution < -0.4 is 10.2 Å². The van der Waals surface area contributed by atoms with E-state index in [1.807, 2.05) is 0 Å². The van der Waals surface area contributed by atoms with E-state index in [4.69, 9.17) is 0 Å². The highest BCUT2D eigenvalue weighted by molar-refractivity contribution is 5.74. The number of amides is 2. The quantitative estimate of drug-likeness (QED) is 0.764. The molecule has 2 aliphatic rings. The molecule has 0 aromatic heterocycles. The summed E-state index contributed by atoms with van der Waals surface area (Å²) >= 11 is 0. The summed E-state index contributed by atoms with van der Waals surface area (Å²) in [5.74, 6) is 0. The molecular weight excluding hydrogens is 316 g/mol. The molecule has 1 atom stereocenters. The summed E-state index contributed by atoms with van der Waals surface area (Å²) in [5.41, 5.74) is 1.30. The number of anilines is 1. The summed E-state index contributed by atoms with van der Waals surface area (Å²) < 4.78 is 0. The molecule has 0 aliphatic carbocycles. The van der Waals surface area contributed by atoms with Crippen molar-refractivity contribution in [1.29, 1.82) is 0 Å². The van der Waals surface area contributed by atoms with Crippen LogP contribution in [0.4, 0.5) is 10.5 Å². The van der Waals surface area contributed by atoms with Gasteiger partial charge in [0.2, 0.25) is 0 Å². The number of likely N-dealkylation sites (tertiary alicyclic amines) is 1. The van der Waals surface area contributed by atoms with Gasteiger partial charge in [-0.05, 0) is 37.9 Å². The largest absolute Gasteiger partial charge is 0.394 e. The molecule has 2 heterocycles. The highest BCUT2D eigenvalue weighted by Gasteiger charge is 2.27. The van der Waals surface area contributed by atoms with Crippen molar-refractivity contribution in [2.45, 2.75) is 25.3 Å². The summed E-state index contributed by atoms with van der Waals surface area (Å²) in [7, 11) is 0. The Labute approximate surface area is 150 Å². The van der Waals surface area contributed by atoms with Crippen LogP contribution in [-0.4, -0.2) is 79.4 Å². The minimum absolute atomic E-state index is 0.00561. The van der Waals surface area contributed by atoms with Gasteiger partial charge in [-0.2, -0.15) is 0 Å². The average molecular weight is 346 g/mol. The summed E-state index contributed by atoms with van der Waals surface area (Å²) in [6, 6.07) is 10.6. The number of nitrogens with one attached hydrogen (secondary N) is 1. The standard InChI is InChI=1S/C19H30N4O2/c24-16-18-8-4-11-23(18)19(25)20-9-5-10-21-12-14-22(15-13-21)17-6-2-1-3-7-17/h1-3,6-7,18,24H,4-5,8-16H2,(H,20,25). The number of para-hydroxylation sites is 1. The third kappa shape index (κ3) is 4.86. The molecule has 0 radical (unpaired) electrons. The third-order valence-corrected chi connectivity index (χ3v) is 5.27. The normalized spacial score (nSPS) is 21.6. The van der Waals surface area contributed by atoms with E-state index in [0.29, 0.717) is 6.54 Å². The fourth-order valence-electron chi connectivity index (χ4n) is 3.76. The summed E-state index contributed by atoms with van der Waals surface area (Å²) in [4.78, 5) is 18.8. The van der Waals surface area contributed by atoms with Gasteiger partial charge in [0.1, 0.15) is 0 Å². The molecule has 1 unspecified atom stereocenters. The van der Waals surface area contributed by atoms with Gasteiger partial charge < -0.3 is 20.2 Å². The van der Waals surface area contributed by atoms with E-state index < -0.39 is 0 Å². The van der Waals surface area contributed by atoms with Gasteiger partial charge in [0.05, 0.1) is 12.6 Å². The van der Waals surface area contributed by atoms with Crippen LogP contribution in [0.5, 0.6) is 0 Å². The van der Waals surface area contributed by atoms with Gasteiger partial charge in [-0.25, -0.2) is 4.79 Å². The number of aliphatic hydroxyl groups is 1. The first-order valence-electron chi connectivity index (χ1n) is 9.45. The lowest BCUT2D eigenvalue weighted by atomic mass is 10.2. The third-order valence-electron chi connectivity index (χ3n) is 5.27. The first kappa shape index (κ1) is 18.0. The van der Waals surface area contributed by atoms with Crippen molar-refractivity contribution in [2.75, 3.05) is 57.3 Å². The minimum atomic E-state index is -0.0227. The lowest BCUT2D eigenvalue weighted by molar-refractivity contribution is 0.156. The number of hydrogen-bond acceptors (Lipinski definition) is 4. The Morgan fingerprint density at radius 2 is 1.88 bits per heavy atom. The second kappa shape index (κ2) is 9.06. The molecule has 0 spiro atoms. The van der Waals surface area contributed by atoms with Crippen molar-refractivity contribution in [3.05, 3.63) is 30.3 Å². The molecule has 2 N–H and O–H groups in total. The first-order chi connectivity index (χ1) is 12.3. The molecule has 6 nitrogen and oxygen atoms in total. The van der Waals surface area contributed by atoms with E-state index in [0.717, 1.165) is 58.5 Å². The van der Waals surface area contributed by atoms with E-state index in [1.54, 1.807) is 4.90 Å². The highest BCUT2D eigenvalue weighted by Crippen LogP contribution is 2.17. The van der Waals surface area contributed by atoms with Crippen LogP contribution in [0.3, 0.4) is 0 Å². The van der Waals surface area contributed by atoms with Crippen LogP contribution in [-0.2, 0) is 0 Å². The van der Waals surface area contributed by atoms with Crippen LogP contribution in [0.1, 0.15) is 19.3 Å². The van der Waals surface area contributed by atoms with E-state index in [9.17, 15) is 9.90 Å². The van der Waals surface area contributed by atoms with Gasteiger partial charge in [0.25, 0.3) is 0 Å². The van der Waals surface area contributed by atoms with Gasteiger partial charge >= 0.3 is 6.03 Å². The zero-order valence-electron chi connectivity index (χ0n) is 14.9. The molecule has 0 saturated carbocycles. The van der Waals surface area contributed by atoms with Crippen LogP contribution in [0.15, 0.2) is 30.3 Å². The molecule has 2 amide bonds. The van der Waals surface area contributed by atoms with Gasteiger partial charge in [-0.1, -0.05) is 18.2 Å². The van der Waals surface area contributed by atoms with Crippen LogP contribution >= 0.6 is 0 Å². The van der Waals surface area contributed by atoms with Gasteiger partial charge in [-0.3, -0.25) is 4.90 Å². The van der Waals surface area contributed by atoms with Crippen molar-refractivity contribution in [1.82, 2.24) is 15.1 Å². The highest BCUT2D eigenvalue weighted by atomic mass is 16.3. The van der Waals surface area contributed by atoms with Crippen molar-refractivity contribution in [2.24, 2.45) is 0 Å². The fraction of sp³-hybridized carbons (Fsp3) is 0.632. The Kier molecular flexibility index (Phi) is 6.53. The van der Waals surface area contributed by atoms with Gasteiger partial charge in [-0.15, -0.1) is 0 Å². The molecule has 138 valence electrons. The second-order valence-electron chi connectivity index (χ2n) is 6.92. The summed E-state index contributed by atoms with van der Waals surface area (Å²) in [5, 5.41) is 12.3. The Morgan fingerprint density at radius 1 is 1.12 bits per heavy atom. The topological polar surface area (TPSA) is 59.1 Å². The lowest BCUT2D eigenvalue weighted by Gasteiger charge is -2.36. The van der Waals surface area contributed by atoms with Crippen molar-refractivity contribution in [3.8, 4) is 0 Å². The molecule has 25 heavy (non-hydrogen) atoms. The fourth-order valence-corrected chi connectivity index (χ4v) is 3.76. The number of benzene rings is 1. The zero-order valence-corrected chi connectivity index (χ0v) is 14.9. The van der Waals surface area contributed by atoms with Crippen LogP contribution in [0.25, 0.3) is 0 Å². The van der Waals surface area contributed by atoms with Crippen molar-refractivity contribution >= 4 is 11.7 Å². The number of urea groups is 1. The first-order valence-corrected chi connectivity index (χ1v) is 9.45. The molecule has 1 aromatic rings. The molecule has 1 aromatic carbocycles. The lowest BCUT2D eigenvalue weighted by Crippen LogP contribution is -2.47. The SMILES string of the molecule is O=C(NCCCN1CCN(c2ccccc2)CC1)N1CCCC1CO. The molecule has 6 heteroatoms. The monoisotopic (exact) mass is 346 g/mol. The zero-order chi connectivity index (χ0) is 17.5. The number of carbonyl (C=O) groups excluding carboxylic acids is 1. The molecule has 2 aliphatic heterocycles. The van der Waals surface area contributed by atoms with E-state index in [-0.39, 0.29) is 18.7 Å². The maximum absolute atomic E-state index is 12.1. The Morgan fingerprint density at radius 3 is 2.60 bits per heavy atom. The molecule has 0 bridgehead atoms. The van der Waals surface area contributed by atoms with E-state index in [2.05, 4.69) is 45.4 Å². The van der Waals surface area contributed by atoms with Crippen LogP contribution in [0, 0.1) is 0 Å². The number of hydrogen-bond donors (Lipinski definition) is 2. The number of nitrogens with zero attached hydrogens (tertiary/aromatic N) is 3. The predicted octanol–water partition coefficient (Wildman–Crippen LogP) is 1.36. The number of carbonyl (C=O) groups is 1. The molecule has 2 saturated heterocycles. The predicted molar refractivity (Wildman–Crippen MR) is 99.9 cm³/mol. The molecule has 2 fully saturated rings. The van der Waals surface area contributed by atoms with Crippen LogP contribution in [0.2, 0.25) is 0 Å². The number of rotatable bonds is 6. The summed E-state index contributed by atoms with van der Waals surface area (Å²) in [6.07, 6.45) is 2.87. The number of piperazine rings is 1. The smallest absolute Gasteiger partial charge is 0.317 e. The Bertz CT molecular complexity index is 531.